The molecule has 4 aromatic rings. The fourth-order valence-electron chi connectivity index (χ4n) is 5.62. The van der Waals surface area contributed by atoms with Crippen molar-refractivity contribution in [3.8, 4) is 22.6 Å². The average molecular weight is 587 g/mol. The second-order valence-electron chi connectivity index (χ2n) is 11.0. The molecule has 0 atom stereocenters. The van der Waals surface area contributed by atoms with Crippen molar-refractivity contribution in [1.29, 1.82) is 0 Å². The lowest BCUT2D eigenvalue weighted by Crippen LogP contribution is -2.51. The van der Waals surface area contributed by atoms with Crippen LogP contribution in [0.4, 0.5) is 9.18 Å². The Morgan fingerprint density at radius 2 is 1.64 bits per heavy atom. The largest absolute Gasteiger partial charge is 0.487 e. The number of piperidine rings is 1. The molecule has 6 rings (SSSR count). The van der Waals surface area contributed by atoms with E-state index in [9.17, 15) is 17.6 Å². The average Bonchev–Trinajstić information content (AvgIpc) is 2.99. The number of nitrogens with zero attached hydrogens (tertiary/aromatic N) is 2. The van der Waals surface area contributed by atoms with Crippen LogP contribution >= 0.6 is 0 Å². The van der Waals surface area contributed by atoms with Crippen LogP contribution in [-0.4, -0.2) is 43.1 Å². The lowest BCUT2D eigenvalue weighted by Gasteiger charge is -2.44. The lowest BCUT2D eigenvalue weighted by molar-refractivity contribution is -0.00948. The molecule has 1 aromatic heterocycles. The van der Waals surface area contributed by atoms with Gasteiger partial charge < -0.3 is 14.4 Å². The fraction of sp³-hybridized carbons (Fsp3) is 0.273. The quantitative estimate of drug-likeness (QED) is 0.261. The Hall–Kier alpha value is -4.24. The maximum Gasteiger partial charge on any atom is 0.415 e. The van der Waals surface area contributed by atoms with Crippen molar-refractivity contribution >= 4 is 15.9 Å². The predicted octanol–water partition coefficient (Wildman–Crippen LogP) is 6.36. The number of pyridine rings is 1. The number of sulfone groups is 1. The van der Waals surface area contributed by atoms with E-state index in [0.717, 1.165) is 40.8 Å². The third-order valence-electron chi connectivity index (χ3n) is 7.96. The van der Waals surface area contributed by atoms with Crippen molar-refractivity contribution in [1.82, 2.24) is 9.88 Å². The van der Waals surface area contributed by atoms with Gasteiger partial charge in [0, 0.05) is 32.1 Å². The third kappa shape index (κ3) is 6.46. The topological polar surface area (TPSA) is 85.8 Å². The molecule has 0 N–H and O–H groups in total. The van der Waals surface area contributed by atoms with E-state index in [-0.39, 0.29) is 22.9 Å². The molecule has 2 aliphatic heterocycles. The zero-order chi connectivity index (χ0) is 29.2. The Bertz CT molecular complexity index is 1670. The Labute approximate surface area is 244 Å². The number of carbonyl (C=O) groups excluding carboxylic acids is 1. The first-order chi connectivity index (χ1) is 20.3. The Balaban J connectivity index is 1.06. The molecule has 0 saturated carbocycles. The summed E-state index contributed by atoms with van der Waals surface area (Å²) in [5.41, 5.74) is 4.17. The highest BCUT2D eigenvalue weighted by Gasteiger charge is 2.41. The molecular formula is C33H31FN2O5S. The Morgan fingerprint density at radius 3 is 2.36 bits per heavy atom. The summed E-state index contributed by atoms with van der Waals surface area (Å²) in [7, 11) is -3.34. The number of likely N-dealkylation sites (tertiary alicyclic amines) is 1. The maximum atomic E-state index is 13.1. The van der Waals surface area contributed by atoms with Crippen LogP contribution in [-0.2, 0) is 27.8 Å². The first-order valence-electron chi connectivity index (χ1n) is 14.0. The minimum Gasteiger partial charge on any atom is -0.487 e. The summed E-state index contributed by atoms with van der Waals surface area (Å²) < 4.78 is 50.4. The highest BCUT2D eigenvalue weighted by atomic mass is 32.2. The van der Waals surface area contributed by atoms with Crippen LogP contribution in [0.1, 0.15) is 36.1 Å². The van der Waals surface area contributed by atoms with Crippen LogP contribution in [0, 0.1) is 5.82 Å². The zero-order valence-electron chi connectivity index (χ0n) is 23.0. The molecular weight excluding hydrogens is 555 g/mol. The number of aryl methyl sites for hydroxylation is 1. The number of rotatable bonds is 6. The summed E-state index contributed by atoms with van der Waals surface area (Å²) in [4.78, 5) is 18.4. The zero-order valence-corrected chi connectivity index (χ0v) is 23.9. The van der Waals surface area contributed by atoms with Gasteiger partial charge in [0.15, 0.2) is 9.84 Å². The van der Waals surface area contributed by atoms with Gasteiger partial charge >= 0.3 is 6.09 Å². The van der Waals surface area contributed by atoms with E-state index in [1.165, 1.54) is 24.3 Å². The van der Waals surface area contributed by atoms with Crippen molar-refractivity contribution in [2.45, 2.75) is 42.8 Å². The highest BCUT2D eigenvalue weighted by molar-refractivity contribution is 7.89. The van der Waals surface area contributed by atoms with Crippen LogP contribution in [0.3, 0.4) is 0 Å². The van der Waals surface area contributed by atoms with E-state index >= 15 is 0 Å². The van der Waals surface area contributed by atoms with E-state index in [0.29, 0.717) is 37.4 Å². The van der Waals surface area contributed by atoms with E-state index in [4.69, 9.17) is 9.47 Å². The summed E-state index contributed by atoms with van der Waals surface area (Å²) in [5, 5.41) is 0. The van der Waals surface area contributed by atoms with Crippen molar-refractivity contribution in [2.24, 2.45) is 0 Å². The number of aromatic nitrogens is 1. The summed E-state index contributed by atoms with van der Waals surface area (Å²) >= 11 is 0. The molecule has 0 radical (unpaired) electrons. The molecule has 7 nitrogen and oxygen atoms in total. The van der Waals surface area contributed by atoms with Crippen LogP contribution in [0.5, 0.6) is 11.5 Å². The maximum absolute atomic E-state index is 13.1. The van der Waals surface area contributed by atoms with Crippen molar-refractivity contribution in [3.63, 3.8) is 0 Å². The second-order valence-corrected chi connectivity index (χ2v) is 13.0. The number of fused-ring (bicyclic) bond motifs is 1. The van der Waals surface area contributed by atoms with Crippen molar-refractivity contribution < 1.29 is 27.1 Å². The monoisotopic (exact) mass is 586 g/mol. The highest BCUT2D eigenvalue weighted by Crippen LogP contribution is 2.41. The molecule has 1 saturated heterocycles. The fourth-order valence-corrected chi connectivity index (χ4v) is 7.05. The molecule has 0 aliphatic carbocycles. The summed E-state index contributed by atoms with van der Waals surface area (Å²) in [6, 6.07) is 24.5. The number of carbonyl (C=O) groups is 1. The van der Waals surface area contributed by atoms with E-state index < -0.39 is 15.9 Å². The van der Waals surface area contributed by atoms with E-state index in [1.54, 1.807) is 29.3 Å². The van der Waals surface area contributed by atoms with Gasteiger partial charge in [-0.05, 0) is 83.6 Å². The van der Waals surface area contributed by atoms with Gasteiger partial charge in [-0.15, -0.1) is 0 Å². The number of benzene rings is 3. The SMILES string of the molecule is O=C(Oc1ccc(F)cc1)N1CCC2(CCc3cc(-c4ccc(CS(=O)(=O)Cc5ccccn5)cc4)ccc3O2)CC1. The van der Waals surface area contributed by atoms with Crippen LogP contribution in [0.25, 0.3) is 11.1 Å². The first-order valence-corrected chi connectivity index (χ1v) is 15.8. The number of hydrogen-bond acceptors (Lipinski definition) is 6. The number of hydrogen-bond donors (Lipinski definition) is 0. The van der Waals surface area contributed by atoms with Gasteiger partial charge in [0.05, 0.1) is 17.2 Å². The minimum atomic E-state index is -3.34. The molecule has 2 aliphatic rings. The van der Waals surface area contributed by atoms with Crippen LogP contribution < -0.4 is 9.47 Å². The van der Waals surface area contributed by atoms with Crippen LogP contribution in [0.15, 0.2) is 91.1 Å². The van der Waals surface area contributed by atoms with Gasteiger partial charge in [0.2, 0.25) is 0 Å². The molecule has 3 aromatic carbocycles. The summed E-state index contributed by atoms with van der Waals surface area (Å²) in [5.74, 6) is 0.686. The van der Waals surface area contributed by atoms with Crippen molar-refractivity contribution in [3.05, 3.63) is 114 Å². The van der Waals surface area contributed by atoms with Gasteiger partial charge in [0.25, 0.3) is 0 Å². The second kappa shape index (κ2) is 11.6. The standard InChI is InChI=1S/C33H31FN2O5S/c34-28-9-11-30(12-10-28)40-32(37)36-19-16-33(17-20-36)15-14-27-21-26(8-13-31(27)41-33)25-6-4-24(5-7-25)22-42(38,39)23-29-3-1-2-18-35-29/h1-13,18,21H,14-17,19-20,22-23H2. The van der Waals surface area contributed by atoms with Gasteiger partial charge in [-0.3, -0.25) is 4.98 Å². The van der Waals surface area contributed by atoms with Gasteiger partial charge in [0.1, 0.15) is 22.9 Å². The van der Waals surface area contributed by atoms with Gasteiger partial charge in [-0.1, -0.05) is 36.4 Å². The number of ether oxygens (including phenoxy) is 2. The summed E-state index contributed by atoms with van der Waals surface area (Å²) in [6.07, 6.45) is 4.30. The molecule has 1 amide bonds. The molecule has 0 unspecified atom stereocenters. The molecule has 216 valence electrons. The van der Waals surface area contributed by atoms with Gasteiger partial charge in [-0.2, -0.15) is 0 Å². The number of halogens is 1. The molecule has 42 heavy (non-hydrogen) atoms. The molecule has 9 heteroatoms. The molecule has 3 heterocycles. The first kappa shape index (κ1) is 27.9. The van der Waals surface area contributed by atoms with Crippen LogP contribution in [0.2, 0.25) is 0 Å². The third-order valence-corrected chi connectivity index (χ3v) is 9.47. The Kier molecular flexibility index (Phi) is 7.68. The van der Waals surface area contributed by atoms with Gasteiger partial charge in [-0.25, -0.2) is 17.6 Å². The molecule has 1 spiro atoms. The summed E-state index contributed by atoms with van der Waals surface area (Å²) in [6.45, 7) is 1.05. The minimum absolute atomic E-state index is 0.0364. The molecule has 0 bridgehead atoms. The predicted molar refractivity (Wildman–Crippen MR) is 157 cm³/mol. The van der Waals surface area contributed by atoms with E-state index in [2.05, 4.69) is 11.1 Å². The normalized spacial score (nSPS) is 16.0. The van der Waals surface area contributed by atoms with E-state index in [1.807, 2.05) is 36.4 Å². The van der Waals surface area contributed by atoms with Crippen molar-refractivity contribution in [2.75, 3.05) is 13.1 Å². The molecule has 1 fully saturated rings. The Morgan fingerprint density at radius 1 is 0.905 bits per heavy atom. The lowest BCUT2D eigenvalue weighted by atomic mass is 9.82. The number of amides is 1. The smallest absolute Gasteiger partial charge is 0.415 e.